The van der Waals surface area contributed by atoms with Crippen molar-refractivity contribution in [1.29, 1.82) is 0 Å². The zero-order chi connectivity index (χ0) is 20.1. The Morgan fingerprint density at radius 1 is 1.03 bits per heavy atom. The van der Waals surface area contributed by atoms with Crippen LogP contribution in [0.1, 0.15) is 34.0 Å². The molecule has 144 valence electrons. The van der Waals surface area contributed by atoms with E-state index >= 15 is 0 Å². The van der Waals surface area contributed by atoms with Crippen molar-refractivity contribution in [2.45, 2.75) is 18.8 Å². The van der Waals surface area contributed by atoms with Crippen LogP contribution in [-0.2, 0) is 6.42 Å². The summed E-state index contributed by atoms with van der Waals surface area (Å²) in [4.78, 5) is 17.5. The van der Waals surface area contributed by atoms with Crippen LogP contribution in [0, 0.1) is 11.6 Å². The van der Waals surface area contributed by atoms with Crippen molar-refractivity contribution >= 4 is 22.5 Å². The fourth-order valence-electron chi connectivity index (χ4n) is 3.97. The maximum Gasteiger partial charge on any atom is 0.167 e. The minimum atomic E-state index is -0.386. The Labute approximate surface area is 164 Å². The molecule has 5 rings (SSSR count). The average molecular weight is 390 g/mol. The molecule has 0 spiro atoms. The summed E-state index contributed by atoms with van der Waals surface area (Å²) in [5, 5.41) is 4.86. The lowest BCUT2D eigenvalue weighted by atomic mass is 9.81. The molecule has 29 heavy (non-hydrogen) atoms. The first-order valence-corrected chi connectivity index (χ1v) is 9.22. The monoisotopic (exact) mass is 390 g/mol. The van der Waals surface area contributed by atoms with E-state index in [0.717, 1.165) is 5.56 Å². The molecule has 2 heterocycles. The van der Waals surface area contributed by atoms with E-state index in [1.54, 1.807) is 30.5 Å². The van der Waals surface area contributed by atoms with Crippen molar-refractivity contribution in [3.05, 3.63) is 83.2 Å². The van der Waals surface area contributed by atoms with Crippen molar-refractivity contribution in [2.75, 3.05) is 5.73 Å². The molecule has 1 unspecified atom stereocenters. The molecule has 0 aliphatic heterocycles. The van der Waals surface area contributed by atoms with Gasteiger partial charge in [0.1, 0.15) is 11.6 Å². The largest absolute Gasteiger partial charge is 0.397 e. The van der Waals surface area contributed by atoms with E-state index in [1.165, 1.54) is 28.9 Å². The first kappa shape index (κ1) is 17.5. The first-order valence-electron chi connectivity index (χ1n) is 9.22. The highest BCUT2D eigenvalue weighted by molar-refractivity contribution is 6.09. The summed E-state index contributed by atoms with van der Waals surface area (Å²) in [5.41, 5.74) is 9.54. The lowest BCUT2D eigenvalue weighted by Gasteiger charge is -2.24. The molecule has 0 saturated carbocycles. The summed E-state index contributed by atoms with van der Waals surface area (Å²) in [7, 11) is 0. The Kier molecular flexibility index (Phi) is 3.91. The maximum atomic E-state index is 13.7. The van der Waals surface area contributed by atoms with Crippen LogP contribution in [0.25, 0.3) is 16.7 Å². The molecule has 0 fully saturated rings. The Balaban J connectivity index is 1.64. The topological polar surface area (TPSA) is 73.8 Å². The zero-order valence-electron chi connectivity index (χ0n) is 15.3. The summed E-state index contributed by atoms with van der Waals surface area (Å²) in [6, 6.07) is 12.2. The number of Topliss-reactive ketones (excluding diaryl/α,β-unsaturated/α-hetero) is 1. The number of hydrogen-bond donors (Lipinski definition) is 1. The number of carbonyl (C=O) groups is 1. The Bertz CT molecular complexity index is 1260. The van der Waals surface area contributed by atoms with Crippen molar-refractivity contribution in [1.82, 2.24) is 14.8 Å². The summed E-state index contributed by atoms with van der Waals surface area (Å²) >= 11 is 0. The van der Waals surface area contributed by atoms with Crippen LogP contribution >= 0.6 is 0 Å². The number of aromatic nitrogens is 3. The van der Waals surface area contributed by atoms with Crippen molar-refractivity contribution < 1.29 is 13.6 Å². The number of ketones is 1. The smallest absolute Gasteiger partial charge is 0.167 e. The molecule has 4 aromatic rings. The predicted molar refractivity (Wildman–Crippen MR) is 105 cm³/mol. The molecule has 0 radical (unpaired) electrons. The van der Waals surface area contributed by atoms with Gasteiger partial charge in [-0.15, -0.1) is 0 Å². The number of rotatable bonds is 2. The third-order valence-electron chi connectivity index (χ3n) is 5.38. The van der Waals surface area contributed by atoms with Gasteiger partial charge in [-0.2, -0.15) is 5.10 Å². The third kappa shape index (κ3) is 2.86. The molecule has 0 bridgehead atoms. The van der Waals surface area contributed by atoms with Crippen LogP contribution in [-0.4, -0.2) is 20.5 Å². The van der Waals surface area contributed by atoms with E-state index in [0.29, 0.717) is 40.1 Å². The van der Waals surface area contributed by atoms with Gasteiger partial charge in [-0.3, -0.25) is 4.79 Å². The number of halogens is 2. The Hall–Kier alpha value is -3.61. The number of carbonyl (C=O) groups excluding carboxylic acids is 1. The number of nitrogen functional groups attached to an aromatic ring is 1. The molecule has 0 saturated heterocycles. The van der Waals surface area contributed by atoms with Gasteiger partial charge in [-0.1, -0.05) is 18.2 Å². The second-order valence-electron chi connectivity index (χ2n) is 7.20. The first-order chi connectivity index (χ1) is 14.0. The lowest BCUT2D eigenvalue weighted by molar-refractivity contribution is 0.0964. The van der Waals surface area contributed by atoms with Gasteiger partial charge in [-0.25, -0.2) is 18.4 Å². The van der Waals surface area contributed by atoms with Crippen LogP contribution in [0.15, 0.2) is 54.7 Å². The molecule has 1 aliphatic carbocycles. The van der Waals surface area contributed by atoms with Gasteiger partial charge >= 0.3 is 0 Å². The van der Waals surface area contributed by atoms with E-state index < -0.39 is 0 Å². The van der Waals surface area contributed by atoms with E-state index in [4.69, 9.17) is 5.73 Å². The van der Waals surface area contributed by atoms with Gasteiger partial charge in [-0.05, 0) is 48.2 Å². The second-order valence-corrected chi connectivity index (χ2v) is 7.20. The molecule has 7 heteroatoms. The van der Waals surface area contributed by atoms with Gasteiger partial charge in [0.25, 0.3) is 0 Å². The number of fused-ring (bicyclic) bond motifs is 2. The zero-order valence-corrected chi connectivity index (χ0v) is 15.3. The van der Waals surface area contributed by atoms with Gasteiger partial charge in [0, 0.05) is 6.42 Å². The maximum absolute atomic E-state index is 13.7. The highest BCUT2D eigenvalue weighted by Crippen LogP contribution is 2.37. The fraction of sp³-hybridized carbons (Fsp3) is 0.136. The molecule has 1 atom stereocenters. The summed E-state index contributed by atoms with van der Waals surface area (Å²) in [5.74, 6) is -0.903. The van der Waals surface area contributed by atoms with E-state index in [1.807, 2.05) is 0 Å². The number of pyridine rings is 1. The standard InChI is InChI=1S/C22H16F2N4O/c23-14-6-4-12(5-7-14)13-8-18-20(19(29)9-13)21(25)17-11-26-28(22(17)27-18)16-3-1-2-15(24)10-16/h1-7,10-11,13H,8-9H2,(H2,25,27). The minimum absolute atomic E-state index is 0.0917. The third-order valence-corrected chi connectivity index (χ3v) is 5.38. The quantitative estimate of drug-likeness (QED) is 0.557. The van der Waals surface area contributed by atoms with Crippen LogP contribution in [0.4, 0.5) is 14.5 Å². The van der Waals surface area contributed by atoms with Crippen molar-refractivity contribution in [2.24, 2.45) is 0 Å². The number of nitrogens with two attached hydrogens (primary N) is 1. The van der Waals surface area contributed by atoms with Crippen LogP contribution in [0.3, 0.4) is 0 Å². The molecule has 2 aromatic heterocycles. The van der Waals surface area contributed by atoms with Gasteiger partial charge in [0.2, 0.25) is 0 Å². The average Bonchev–Trinajstić information content (AvgIpc) is 3.12. The minimum Gasteiger partial charge on any atom is -0.397 e. The van der Waals surface area contributed by atoms with Crippen LogP contribution < -0.4 is 5.73 Å². The normalized spacial score (nSPS) is 16.2. The molecule has 1 aliphatic rings. The van der Waals surface area contributed by atoms with E-state index in [2.05, 4.69) is 10.1 Å². The Morgan fingerprint density at radius 2 is 1.83 bits per heavy atom. The van der Waals surface area contributed by atoms with Gasteiger partial charge in [0.05, 0.1) is 34.2 Å². The molecule has 5 nitrogen and oxygen atoms in total. The Morgan fingerprint density at radius 3 is 2.59 bits per heavy atom. The summed E-state index contributed by atoms with van der Waals surface area (Å²) in [6.07, 6.45) is 2.33. The van der Waals surface area contributed by atoms with Gasteiger partial charge in [0.15, 0.2) is 11.4 Å². The van der Waals surface area contributed by atoms with Gasteiger partial charge < -0.3 is 5.73 Å². The molecule has 0 amide bonds. The van der Waals surface area contributed by atoms with Crippen LogP contribution in [0.5, 0.6) is 0 Å². The molecule has 2 aromatic carbocycles. The van der Waals surface area contributed by atoms with E-state index in [-0.39, 0.29) is 29.8 Å². The molecule has 2 N–H and O–H groups in total. The highest BCUT2D eigenvalue weighted by atomic mass is 19.1. The summed E-state index contributed by atoms with van der Waals surface area (Å²) < 4.78 is 28.5. The molecular weight excluding hydrogens is 374 g/mol. The highest BCUT2D eigenvalue weighted by Gasteiger charge is 2.31. The number of nitrogens with zero attached hydrogens (tertiary/aromatic N) is 3. The lowest BCUT2D eigenvalue weighted by Crippen LogP contribution is -2.22. The van der Waals surface area contributed by atoms with Crippen LogP contribution in [0.2, 0.25) is 0 Å². The predicted octanol–water partition coefficient (Wildman–Crippen LogP) is 4.19. The second kappa shape index (κ2) is 6.48. The fourth-order valence-corrected chi connectivity index (χ4v) is 3.97. The number of benzene rings is 2. The van der Waals surface area contributed by atoms with Crippen molar-refractivity contribution in [3.63, 3.8) is 0 Å². The summed E-state index contributed by atoms with van der Waals surface area (Å²) in [6.45, 7) is 0. The number of hydrogen-bond acceptors (Lipinski definition) is 4. The molecular formula is C22H16F2N4O. The van der Waals surface area contributed by atoms with Crippen molar-refractivity contribution in [3.8, 4) is 5.69 Å². The SMILES string of the molecule is Nc1c2c(nc3c1cnn3-c1cccc(F)c1)CC(c1ccc(F)cc1)CC2=O. The number of anilines is 1. The van der Waals surface area contributed by atoms with E-state index in [9.17, 15) is 13.6 Å².